The molecule has 7 heteroatoms. The zero-order valence-corrected chi connectivity index (χ0v) is 15.8. The summed E-state index contributed by atoms with van der Waals surface area (Å²) in [5.74, 6) is -0.629. The van der Waals surface area contributed by atoms with Gasteiger partial charge in [-0.3, -0.25) is 19.3 Å². The third-order valence-electron chi connectivity index (χ3n) is 3.99. The van der Waals surface area contributed by atoms with Crippen molar-refractivity contribution < 1.29 is 14.4 Å². The number of thioether (sulfide) groups is 1. The van der Waals surface area contributed by atoms with Gasteiger partial charge < -0.3 is 9.80 Å². The first kappa shape index (κ1) is 19.1. The highest BCUT2D eigenvalue weighted by molar-refractivity contribution is 8.18. The van der Waals surface area contributed by atoms with Gasteiger partial charge in [0.1, 0.15) is 6.54 Å². The zero-order chi connectivity index (χ0) is 18.6. The lowest BCUT2D eigenvalue weighted by Crippen LogP contribution is -2.41. The molecule has 0 aliphatic carbocycles. The average molecular weight is 361 g/mol. The van der Waals surface area contributed by atoms with E-state index in [4.69, 9.17) is 0 Å². The Balaban J connectivity index is 2.13. The van der Waals surface area contributed by atoms with E-state index in [-0.39, 0.29) is 12.5 Å². The van der Waals surface area contributed by atoms with Crippen LogP contribution in [0.2, 0.25) is 0 Å². The quantitative estimate of drug-likeness (QED) is 0.729. The second kappa shape index (κ2) is 8.20. The Labute approximate surface area is 152 Å². The number of imide groups is 1. The first-order valence-corrected chi connectivity index (χ1v) is 8.99. The molecule has 0 bridgehead atoms. The van der Waals surface area contributed by atoms with Crippen molar-refractivity contribution in [2.75, 3.05) is 38.6 Å². The van der Waals surface area contributed by atoms with Crippen LogP contribution < -0.4 is 4.90 Å². The summed E-state index contributed by atoms with van der Waals surface area (Å²) >= 11 is 0.873. The maximum atomic E-state index is 12.5. The van der Waals surface area contributed by atoms with E-state index in [9.17, 15) is 14.4 Å². The van der Waals surface area contributed by atoms with E-state index in [1.807, 2.05) is 57.1 Å². The molecule has 0 atom stereocenters. The average Bonchev–Trinajstić information content (AvgIpc) is 2.84. The van der Waals surface area contributed by atoms with Crippen LogP contribution in [0.5, 0.6) is 0 Å². The molecule has 6 nitrogen and oxygen atoms in total. The SMILES string of the molecule is CCN(CC)C(=O)CN1C(=O)S/C(=C\c2ccc(N(C)C)cc2)C1=O. The largest absolute Gasteiger partial charge is 0.378 e. The Morgan fingerprint density at radius 3 is 2.24 bits per heavy atom. The number of hydrogen-bond donors (Lipinski definition) is 0. The predicted molar refractivity (Wildman–Crippen MR) is 101 cm³/mol. The summed E-state index contributed by atoms with van der Waals surface area (Å²) in [5, 5.41) is -0.401. The molecule has 0 aromatic heterocycles. The molecule has 0 spiro atoms. The number of amides is 3. The fraction of sp³-hybridized carbons (Fsp3) is 0.389. The van der Waals surface area contributed by atoms with Gasteiger partial charge in [0, 0.05) is 32.9 Å². The summed E-state index contributed by atoms with van der Waals surface area (Å²) in [6.45, 7) is 4.64. The molecule has 1 saturated heterocycles. The van der Waals surface area contributed by atoms with Crippen LogP contribution in [0.15, 0.2) is 29.2 Å². The molecule has 3 amide bonds. The third kappa shape index (κ3) is 4.42. The second-order valence-corrected chi connectivity index (χ2v) is 6.81. The normalized spacial score (nSPS) is 15.8. The molecule has 2 rings (SSSR count). The molecule has 1 aromatic rings. The van der Waals surface area contributed by atoms with Crippen molar-refractivity contribution in [3.63, 3.8) is 0 Å². The molecule has 1 heterocycles. The number of carbonyl (C=O) groups is 3. The van der Waals surface area contributed by atoms with Crippen molar-refractivity contribution in [2.24, 2.45) is 0 Å². The van der Waals surface area contributed by atoms with Gasteiger partial charge in [-0.2, -0.15) is 0 Å². The van der Waals surface area contributed by atoms with Gasteiger partial charge in [0.05, 0.1) is 4.91 Å². The van der Waals surface area contributed by atoms with E-state index < -0.39 is 11.1 Å². The monoisotopic (exact) mass is 361 g/mol. The Bertz CT molecular complexity index is 694. The molecule has 1 aliphatic rings. The van der Waals surface area contributed by atoms with Gasteiger partial charge in [-0.1, -0.05) is 12.1 Å². The molecular formula is C18H23N3O3S. The summed E-state index contributed by atoms with van der Waals surface area (Å²) in [4.78, 5) is 41.7. The van der Waals surface area contributed by atoms with E-state index in [1.54, 1.807) is 11.0 Å². The summed E-state index contributed by atoms with van der Waals surface area (Å²) in [6, 6.07) is 7.68. The molecule has 0 saturated carbocycles. The van der Waals surface area contributed by atoms with Crippen LogP contribution in [0.25, 0.3) is 6.08 Å². The number of nitrogens with zero attached hydrogens (tertiary/aromatic N) is 3. The van der Waals surface area contributed by atoms with Gasteiger partial charge >= 0.3 is 0 Å². The minimum atomic E-state index is -0.410. The fourth-order valence-electron chi connectivity index (χ4n) is 2.47. The van der Waals surface area contributed by atoms with Crippen LogP contribution in [0.4, 0.5) is 10.5 Å². The van der Waals surface area contributed by atoms with Crippen LogP contribution in [0.1, 0.15) is 19.4 Å². The molecule has 25 heavy (non-hydrogen) atoms. The molecule has 0 unspecified atom stereocenters. The minimum Gasteiger partial charge on any atom is -0.378 e. The second-order valence-electron chi connectivity index (χ2n) is 5.82. The molecule has 1 aromatic carbocycles. The number of anilines is 1. The van der Waals surface area contributed by atoms with E-state index >= 15 is 0 Å². The highest BCUT2D eigenvalue weighted by atomic mass is 32.2. The third-order valence-corrected chi connectivity index (χ3v) is 4.90. The van der Waals surface area contributed by atoms with Gasteiger partial charge in [0.15, 0.2) is 0 Å². The zero-order valence-electron chi connectivity index (χ0n) is 15.0. The van der Waals surface area contributed by atoms with Crippen LogP contribution in [-0.4, -0.2) is 60.6 Å². The van der Waals surface area contributed by atoms with Crippen molar-refractivity contribution in [3.8, 4) is 0 Å². The maximum Gasteiger partial charge on any atom is 0.294 e. The molecule has 0 radical (unpaired) electrons. The number of hydrogen-bond acceptors (Lipinski definition) is 5. The van der Waals surface area contributed by atoms with Gasteiger partial charge in [-0.25, -0.2) is 0 Å². The van der Waals surface area contributed by atoms with E-state index in [2.05, 4.69) is 0 Å². The van der Waals surface area contributed by atoms with E-state index in [0.717, 1.165) is 27.9 Å². The van der Waals surface area contributed by atoms with E-state index in [0.29, 0.717) is 18.0 Å². The Hall–Kier alpha value is -2.28. The minimum absolute atomic E-state index is 0.205. The van der Waals surface area contributed by atoms with Gasteiger partial charge in [-0.05, 0) is 49.4 Å². The predicted octanol–water partition coefficient (Wildman–Crippen LogP) is 2.66. The fourth-order valence-corrected chi connectivity index (χ4v) is 3.31. The first-order chi connectivity index (χ1) is 11.9. The number of carbonyl (C=O) groups excluding carboxylic acids is 3. The number of rotatable bonds is 6. The van der Waals surface area contributed by atoms with Gasteiger partial charge in [0.25, 0.3) is 11.1 Å². The van der Waals surface area contributed by atoms with Crippen molar-refractivity contribution in [2.45, 2.75) is 13.8 Å². The van der Waals surface area contributed by atoms with Crippen LogP contribution in [0, 0.1) is 0 Å². The van der Waals surface area contributed by atoms with Crippen LogP contribution in [0.3, 0.4) is 0 Å². The van der Waals surface area contributed by atoms with Crippen molar-refractivity contribution in [1.82, 2.24) is 9.80 Å². The lowest BCUT2D eigenvalue weighted by molar-refractivity contribution is -0.135. The first-order valence-electron chi connectivity index (χ1n) is 8.17. The Kier molecular flexibility index (Phi) is 6.25. The lowest BCUT2D eigenvalue weighted by atomic mass is 10.2. The van der Waals surface area contributed by atoms with Crippen molar-refractivity contribution >= 4 is 40.6 Å². The summed E-state index contributed by atoms with van der Waals surface area (Å²) in [7, 11) is 3.90. The Morgan fingerprint density at radius 2 is 1.72 bits per heavy atom. The summed E-state index contributed by atoms with van der Waals surface area (Å²) in [5.41, 5.74) is 1.89. The molecule has 0 N–H and O–H groups in total. The molecule has 1 fully saturated rings. The summed E-state index contributed by atoms with van der Waals surface area (Å²) < 4.78 is 0. The summed E-state index contributed by atoms with van der Waals surface area (Å²) in [6.07, 6.45) is 1.69. The van der Waals surface area contributed by atoms with Crippen LogP contribution >= 0.6 is 11.8 Å². The maximum absolute atomic E-state index is 12.5. The van der Waals surface area contributed by atoms with E-state index in [1.165, 1.54) is 0 Å². The highest BCUT2D eigenvalue weighted by Crippen LogP contribution is 2.32. The van der Waals surface area contributed by atoms with Crippen LogP contribution in [-0.2, 0) is 9.59 Å². The Morgan fingerprint density at radius 1 is 1.12 bits per heavy atom. The molecule has 134 valence electrons. The van der Waals surface area contributed by atoms with Crippen molar-refractivity contribution in [1.29, 1.82) is 0 Å². The van der Waals surface area contributed by atoms with Gasteiger partial charge in [0.2, 0.25) is 5.91 Å². The molecule has 1 aliphatic heterocycles. The highest BCUT2D eigenvalue weighted by Gasteiger charge is 2.36. The molecular weight excluding hydrogens is 338 g/mol. The van der Waals surface area contributed by atoms with Gasteiger partial charge in [-0.15, -0.1) is 0 Å². The number of benzene rings is 1. The topological polar surface area (TPSA) is 60.9 Å². The lowest BCUT2D eigenvalue weighted by Gasteiger charge is -2.21. The van der Waals surface area contributed by atoms with Crippen molar-refractivity contribution in [3.05, 3.63) is 34.7 Å². The number of likely N-dealkylation sites (N-methyl/N-ethyl adjacent to an activating group) is 1. The standard InChI is InChI=1S/C18H23N3O3S/c1-5-20(6-2)16(22)12-21-17(23)15(25-18(21)24)11-13-7-9-14(10-8-13)19(3)4/h7-11H,5-6,12H2,1-4H3/b15-11-. The smallest absolute Gasteiger partial charge is 0.294 e.